The molecule has 1 saturated heterocycles. The average Bonchev–Trinajstić information content (AvgIpc) is 3.37. The van der Waals surface area contributed by atoms with Gasteiger partial charge in [-0.2, -0.15) is 0 Å². The lowest BCUT2D eigenvalue weighted by molar-refractivity contribution is -0.149. The summed E-state index contributed by atoms with van der Waals surface area (Å²) in [5, 5.41) is 25.3. The van der Waals surface area contributed by atoms with E-state index >= 15 is 0 Å². The van der Waals surface area contributed by atoms with Crippen LogP contribution in [-0.4, -0.2) is 65.8 Å². The first kappa shape index (κ1) is 19.4. The van der Waals surface area contributed by atoms with Crippen molar-refractivity contribution in [3.63, 3.8) is 0 Å². The van der Waals surface area contributed by atoms with Gasteiger partial charge in [-0.3, -0.25) is 19.5 Å². The van der Waals surface area contributed by atoms with Crippen LogP contribution in [0.5, 0.6) is 0 Å². The largest absolute Gasteiger partial charge is 0.477 e. The lowest BCUT2D eigenvalue weighted by atomic mass is 10.0. The third-order valence-corrected chi connectivity index (χ3v) is 7.05. The number of thioether (sulfide) groups is 1. The van der Waals surface area contributed by atoms with E-state index in [1.165, 1.54) is 28.5 Å². The monoisotopic (exact) mass is 452 g/mol. The van der Waals surface area contributed by atoms with Crippen molar-refractivity contribution in [2.45, 2.75) is 11.4 Å². The number of fused-ring (bicyclic) bond motifs is 1. The topological polar surface area (TPSA) is 171 Å². The summed E-state index contributed by atoms with van der Waals surface area (Å²) in [6.45, 7) is 0. The molecule has 4 rings (SSSR count). The number of anilines is 1. The number of thiazole rings is 2. The number of aliphatic carboxylic acids is 1. The van der Waals surface area contributed by atoms with Gasteiger partial charge in [-0.25, -0.2) is 9.78 Å². The summed E-state index contributed by atoms with van der Waals surface area (Å²) in [6.07, 6.45) is 1.55. The minimum atomic E-state index is -1.23. The zero-order valence-corrected chi connectivity index (χ0v) is 16.8. The summed E-state index contributed by atoms with van der Waals surface area (Å²) in [4.78, 5) is 46.6. The Morgan fingerprint density at radius 3 is 2.76 bits per heavy atom. The molecule has 2 amide bonds. The van der Waals surface area contributed by atoms with Crippen molar-refractivity contribution in [2.24, 2.45) is 5.16 Å². The molecule has 150 valence electrons. The molecule has 0 aromatic carbocycles. The smallest absolute Gasteiger partial charge is 0.353 e. The fraction of sp³-hybridized carbons (Fsp3) is 0.200. The van der Waals surface area contributed by atoms with Crippen LogP contribution < -0.4 is 11.1 Å². The number of β-lactam (4-membered cyclic amide) rings is 1. The molecular weight excluding hydrogens is 440 g/mol. The average molecular weight is 452 g/mol. The number of aromatic nitrogens is 2. The molecule has 2 aliphatic heterocycles. The number of rotatable bonds is 5. The van der Waals surface area contributed by atoms with Crippen LogP contribution in [0.15, 0.2) is 27.9 Å². The maximum atomic E-state index is 12.7. The number of oxime groups is 1. The van der Waals surface area contributed by atoms with E-state index in [4.69, 9.17) is 5.73 Å². The number of carboxylic acids is 1. The van der Waals surface area contributed by atoms with Crippen LogP contribution in [0.1, 0.15) is 10.6 Å². The Kier molecular flexibility index (Phi) is 4.97. The SMILES string of the molecule is Nc1nc(/C(=N/O)C(=O)N[C@@H]2C(=O)N3C(C(=O)O)=C(c4cncs4)CS[C@H]23)cs1. The third kappa shape index (κ3) is 3.24. The molecule has 4 heterocycles. The van der Waals surface area contributed by atoms with Crippen LogP contribution in [0.4, 0.5) is 5.13 Å². The van der Waals surface area contributed by atoms with Crippen molar-refractivity contribution in [2.75, 3.05) is 11.5 Å². The van der Waals surface area contributed by atoms with Gasteiger partial charge in [-0.15, -0.1) is 34.4 Å². The Morgan fingerprint density at radius 2 is 2.17 bits per heavy atom. The van der Waals surface area contributed by atoms with Crippen molar-refractivity contribution in [1.29, 1.82) is 0 Å². The Balaban J connectivity index is 1.56. The molecule has 2 aromatic heterocycles. The number of nitrogens with two attached hydrogens (primary N) is 1. The molecule has 0 spiro atoms. The van der Waals surface area contributed by atoms with Crippen molar-refractivity contribution in [1.82, 2.24) is 20.2 Å². The van der Waals surface area contributed by atoms with Gasteiger partial charge in [-0.05, 0) is 0 Å². The van der Waals surface area contributed by atoms with Gasteiger partial charge in [0.15, 0.2) is 10.8 Å². The molecule has 5 N–H and O–H groups in total. The molecule has 2 aliphatic rings. The number of nitrogen functional groups attached to an aromatic ring is 1. The maximum absolute atomic E-state index is 12.7. The molecule has 14 heteroatoms. The van der Waals surface area contributed by atoms with Crippen LogP contribution in [0.25, 0.3) is 5.57 Å². The van der Waals surface area contributed by atoms with Crippen LogP contribution in [0.2, 0.25) is 0 Å². The predicted octanol–water partition coefficient (Wildman–Crippen LogP) is 0.256. The third-order valence-electron chi connectivity index (χ3n) is 4.27. The van der Waals surface area contributed by atoms with E-state index in [2.05, 4.69) is 20.4 Å². The number of hydrogen-bond acceptors (Lipinski definition) is 11. The molecule has 0 aliphatic carbocycles. The van der Waals surface area contributed by atoms with Gasteiger partial charge in [0.25, 0.3) is 11.8 Å². The molecule has 2 aromatic rings. The van der Waals surface area contributed by atoms with Crippen LogP contribution >= 0.6 is 34.4 Å². The highest BCUT2D eigenvalue weighted by Gasteiger charge is 2.54. The van der Waals surface area contributed by atoms with Gasteiger partial charge < -0.3 is 21.4 Å². The number of amides is 2. The summed E-state index contributed by atoms with van der Waals surface area (Å²) in [6, 6.07) is -0.961. The molecule has 0 unspecified atom stereocenters. The minimum absolute atomic E-state index is 0.0750. The van der Waals surface area contributed by atoms with E-state index in [1.807, 2.05) is 0 Å². The van der Waals surface area contributed by atoms with E-state index in [0.717, 1.165) is 16.2 Å². The highest BCUT2D eigenvalue weighted by molar-refractivity contribution is 8.00. The number of carboxylic acid groups (broad SMARTS) is 1. The predicted molar refractivity (Wildman–Crippen MR) is 107 cm³/mol. The molecule has 0 bridgehead atoms. The van der Waals surface area contributed by atoms with Crippen LogP contribution in [0.3, 0.4) is 0 Å². The number of nitrogens with one attached hydrogen (secondary N) is 1. The van der Waals surface area contributed by atoms with Crippen molar-refractivity contribution < 1.29 is 24.7 Å². The van der Waals surface area contributed by atoms with E-state index in [0.29, 0.717) is 16.2 Å². The summed E-state index contributed by atoms with van der Waals surface area (Å²) < 4.78 is 0. The zero-order valence-electron chi connectivity index (χ0n) is 14.3. The van der Waals surface area contributed by atoms with E-state index < -0.39 is 29.2 Å². The van der Waals surface area contributed by atoms with Crippen LogP contribution in [0, 0.1) is 0 Å². The Hall–Kier alpha value is -2.97. The Labute approximate surface area is 174 Å². The Morgan fingerprint density at radius 1 is 1.38 bits per heavy atom. The first-order valence-electron chi connectivity index (χ1n) is 7.96. The lowest BCUT2D eigenvalue weighted by Crippen LogP contribution is -2.71. The van der Waals surface area contributed by atoms with Crippen molar-refractivity contribution in [3.8, 4) is 0 Å². The molecule has 2 atom stereocenters. The summed E-state index contributed by atoms with van der Waals surface area (Å²) in [5.41, 5.74) is 7.20. The molecule has 1 fully saturated rings. The quantitative estimate of drug-likeness (QED) is 0.215. The zero-order chi connectivity index (χ0) is 20.7. The summed E-state index contributed by atoms with van der Waals surface area (Å²) >= 11 is 3.67. The van der Waals surface area contributed by atoms with E-state index in [9.17, 15) is 24.7 Å². The molecular formula is C15H12N6O5S3. The van der Waals surface area contributed by atoms with Crippen molar-refractivity contribution in [3.05, 3.63) is 33.4 Å². The minimum Gasteiger partial charge on any atom is -0.477 e. The standard InChI is InChI=1S/C15H12N6O5S3/c16-15-18-6(3-28-15)8(20-26)11(22)19-9-12(23)21-10(14(24)25)5(2-27-13(9)21)7-1-17-4-29-7/h1,3-4,9,13,26H,2H2,(H2,16,18)(H,19,22)(H,24,25)/b20-8-/t9-,13-/m1/s1. The Bertz CT molecular complexity index is 1060. The van der Waals surface area contributed by atoms with Gasteiger partial charge in [0, 0.05) is 22.9 Å². The number of hydrogen-bond donors (Lipinski definition) is 4. The molecule has 11 nitrogen and oxygen atoms in total. The highest BCUT2D eigenvalue weighted by Crippen LogP contribution is 2.43. The highest BCUT2D eigenvalue weighted by atomic mass is 32.2. The van der Waals surface area contributed by atoms with Gasteiger partial charge in [0.1, 0.15) is 22.8 Å². The number of carbonyl (C=O) groups excluding carboxylic acids is 2. The van der Waals surface area contributed by atoms with E-state index in [1.54, 1.807) is 11.7 Å². The fourth-order valence-corrected chi connectivity index (χ4v) is 5.66. The molecule has 29 heavy (non-hydrogen) atoms. The number of carbonyl (C=O) groups is 3. The molecule has 0 saturated carbocycles. The lowest BCUT2D eigenvalue weighted by Gasteiger charge is -2.49. The molecule has 0 radical (unpaired) electrons. The van der Waals surface area contributed by atoms with Gasteiger partial charge in [0.05, 0.1) is 10.4 Å². The normalized spacial score (nSPS) is 21.6. The van der Waals surface area contributed by atoms with Crippen LogP contribution in [-0.2, 0) is 14.4 Å². The van der Waals surface area contributed by atoms with Gasteiger partial charge in [0.2, 0.25) is 0 Å². The van der Waals surface area contributed by atoms with E-state index in [-0.39, 0.29) is 22.2 Å². The second-order valence-electron chi connectivity index (χ2n) is 5.88. The fourth-order valence-electron chi connectivity index (χ4n) is 2.99. The summed E-state index contributed by atoms with van der Waals surface area (Å²) in [7, 11) is 0. The van der Waals surface area contributed by atoms with Gasteiger partial charge >= 0.3 is 5.97 Å². The van der Waals surface area contributed by atoms with Crippen molar-refractivity contribution >= 4 is 68.6 Å². The number of nitrogens with zero attached hydrogens (tertiary/aromatic N) is 4. The van der Waals surface area contributed by atoms with Gasteiger partial charge in [-0.1, -0.05) is 5.16 Å². The second-order valence-corrected chi connectivity index (χ2v) is 8.76. The maximum Gasteiger partial charge on any atom is 0.353 e. The second kappa shape index (κ2) is 7.46. The first-order chi connectivity index (χ1) is 13.9. The first-order valence-corrected chi connectivity index (χ1v) is 10.8. The summed E-state index contributed by atoms with van der Waals surface area (Å²) in [5.74, 6) is -2.27.